The first-order valence-corrected chi connectivity index (χ1v) is 4.87. The normalized spacial score (nSPS) is 21.8. The van der Waals surface area contributed by atoms with Crippen LogP contribution in [0.5, 0.6) is 0 Å². The molecule has 14 heavy (non-hydrogen) atoms. The molecule has 0 radical (unpaired) electrons. The monoisotopic (exact) mass is 200 g/mol. The summed E-state index contributed by atoms with van der Waals surface area (Å²) in [7, 11) is 0. The maximum Gasteiger partial charge on any atom is 0.244 e. The van der Waals surface area contributed by atoms with Crippen molar-refractivity contribution in [2.24, 2.45) is 0 Å². The largest absolute Gasteiger partial charge is 0.396 e. The fraction of sp³-hybridized carbons (Fsp3) is 0.778. The van der Waals surface area contributed by atoms with E-state index in [-0.39, 0.29) is 30.9 Å². The van der Waals surface area contributed by atoms with Gasteiger partial charge in [0.25, 0.3) is 0 Å². The Kier molecular flexibility index (Phi) is 4.03. The Bertz CT molecular complexity index is 230. The van der Waals surface area contributed by atoms with Crippen molar-refractivity contribution in [2.45, 2.75) is 25.8 Å². The van der Waals surface area contributed by atoms with E-state index in [1.165, 1.54) is 0 Å². The highest BCUT2D eigenvalue weighted by Crippen LogP contribution is 2.10. The second-order valence-corrected chi connectivity index (χ2v) is 3.34. The Balaban J connectivity index is 2.51. The number of rotatable bonds is 5. The molecule has 1 rings (SSSR count). The van der Waals surface area contributed by atoms with E-state index >= 15 is 0 Å². The molecule has 0 aromatic heterocycles. The van der Waals surface area contributed by atoms with Crippen molar-refractivity contribution in [1.29, 1.82) is 0 Å². The average Bonchev–Trinajstić information content (AvgIpc) is 2.47. The molecule has 2 amide bonds. The number of imide groups is 1. The summed E-state index contributed by atoms with van der Waals surface area (Å²) in [6, 6.07) is -0.334. The maximum atomic E-state index is 11.3. The van der Waals surface area contributed by atoms with Gasteiger partial charge < -0.3 is 5.11 Å². The van der Waals surface area contributed by atoms with Crippen LogP contribution in [0, 0.1) is 0 Å². The van der Waals surface area contributed by atoms with E-state index in [1.807, 2.05) is 11.8 Å². The number of carbonyl (C=O) groups excluding carboxylic acids is 2. The first-order valence-electron chi connectivity index (χ1n) is 4.87. The van der Waals surface area contributed by atoms with Gasteiger partial charge in [0.2, 0.25) is 11.8 Å². The molecule has 5 heteroatoms. The van der Waals surface area contributed by atoms with Crippen LogP contribution in [-0.4, -0.2) is 47.6 Å². The third-order valence-electron chi connectivity index (χ3n) is 2.39. The molecule has 1 heterocycles. The van der Waals surface area contributed by atoms with Crippen molar-refractivity contribution in [3.8, 4) is 0 Å². The minimum absolute atomic E-state index is 0.110. The zero-order valence-electron chi connectivity index (χ0n) is 8.32. The molecule has 1 saturated heterocycles. The van der Waals surface area contributed by atoms with Gasteiger partial charge in [-0.1, -0.05) is 6.92 Å². The molecule has 1 fully saturated rings. The van der Waals surface area contributed by atoms with Crippen molar-refractivity contribution < 1.29 is 14.7 Å². The molecule has 0 aromatic rings. The molecule has 0 aliphatic carbocycles. The van der Waals surface area contributed by atoms with Crippen molar-refractivity contribution in [3.63, 3.8) is 0 Å². The third kappa shape index (κ3) is 2.52. The lowest BCUT2D eigenvalue weighted by molar-refractivity contribution is -0.126. The standard InChI is InChI=1S/C9H16N2O3/c1-2-11(4-3-5-12)7-6-8(13)10-9(7)14/h7,12H,2-6H2,1H3,(H,10,13,14). The summed E-state index contributed by atoms with van der Waals surface area (Å²) in [6.07, 6.45) is 0.879. The summed E-state index contributed by atoms with van der Waals surface area (Å²) in [4.78, 5) is 24.2. The first-order chi connectivity index (χ1) is 6.69. The number of nitrogens with one attached hydrogen (secondary N) is 1. The van der Waals surface area contributed by atoms with Crippen LogP contribution < -0.4 is 5.32 Å². The molecule has 1 aliphatic heterocycles. The van der Waals surface area contributed by atoms with E-state index in [9.17, 15) is 9.59 Å². The number of aliphatic hydroxyl groups is 1. The molecule has 1 unspecified atom stereocenters. The van der Waals surface area contributed by atoms with Crippen LogP contribution in [0.4, 0.5) is 0 Å². The Morgan fingerprint density at radius 3 is 2.71 bits per heavy atom. The summed E-state index contributed by atoms with van der Waals surface area (Å²) < 4.78 is 0. The minimum Gasteiger partial charge on any atom is -0.396 e. The molecule has 80 valence electrons. The van der Waals surface area contributed by atoms with Gasteiger partial charge in [-0.25, -0.2) is 0 Å². The molecule has 5 nitrogen and oxygen atoms in total. The average molecular weight is 200 g/mol. The lowest BCUT2D eigenvalue weighted by Crippen LogP contribution is -2.41. The van der Waals surface area contributed by atoms with Crippen LogP contribution in [0.1, 0.15) is 19.8 Å². The molecule has 0 spiro atoms. The van der Waals surface area contributed by atoms with Gasteiger partial charge in [0, 0.05) is 13.2 Å². The Morgan fingerprint density at radius 1 is 1.57 bits per heavy atom. The van der Waals surface area contributed by atoms with Crippen LogP contribution in [0.25, 0.3) is 0 Å². The van der Waals surface area contributed by atoms with Gasteiger partial charge in [0.05, 0.1) is 12.5 Å². The van der Waals surface area contributed by atoms with E-state index in [0.717, 1.165) is 0 Å². The van der Waals surface area contributed by atoms with Gasteiger partial charge >= 0.3 is 0 Å². The summed E-state index contributed by atoms with van der Waals surface area (Å²) in [5.41, 5.74) is 0. The van der Waals surface area contributed by atoms with Crippen LogP contribution in [0.3, 0.4) is 0 Å². The predicted octanol–water partition coefficient (Wildman–Crippen LogP) is -0.894. The number of carbonyl (C=O) groups is 2. The Hall–Kier alpha value is -0.940. The topological polar surface area (TPSA) is 69.6 Å². The third-order valence-corrected chi connectivity index (χ3v) is 2.39. The van der Waals surface area contributed by atoms with Gasteiger partial charge in [0.15, 0.2) is 0 Å². The number of hydrogen-bond donors (Lipinski definition) is 2. The Morgan fingerprint density at radius 2 is 2.29 bits per heavy atom. The highest BCUT2D eigenvalue weighted by molar-refractivity contribution is 6.05. The van der Waals surface area contributed by atoms with Crippen LogP contribution in [0.2, 0.25) is 0 Å². The van der Waals surface area contributed by atoms with E-state index in [4.69, 9.17) is 5.11 Å². The fourth-order valence-electron chi connectivity index (χ4n) is 1.64. The van der Waals surface area contributed by atoms with Gasteiger partial charge in [-0.2, -0.15) is 0 Å². The summed E-state index contributed by atoms with van der Waals surface area (Å²) in [5.74, 6) is -0.419. The van der Waals surface area contributed by atoms with Crippen molar-refractivity contribution in [1.82, 2.24) is 10.2 Å². The van der Waals surface area contributed by atoms with Gasteiger partial charge in [-0.05, 0) is 13.0 Å². The zero-order valence-corrected chi connectivity index (χ0v) is 8.32. The van der Waals surface area contributed by atoms with Crippen LogP contribution in [0.15, 0.2) is 0 Å². The molecular formula is C9H16N2O3. The lowest BCUT2D eigenvalue weighted by Gasteiger charge is -2.24. The number of nitrogens with zero attached hydrogens (tertiary/aromatic N) is 1. The molecular weight excluding hydrogens is 184 g/mol. The number of amides is 2. The Labute approximate surface area is 83.1 Å². The highest BCUT2D eigenvalue weighted by Gasteiger charge is 2.34. The second-order valence-electron chi connectivity index (χ2n) is 3.34. The molecule has 1 atom stereocenters. The van der Waals surface area contributed by atoms with Crippen LogP contribution in [-0.2, 0) is 9.59 Å². The number of hydrogen-bond acceptors (Lipinski definition) is 4. The smallest absolute Gasteiger partial charge is 0.244 e. The number of aliphatic hydroxyl groups excluding tert-OH is 1. The van der Waals surface area contributed by atoms with E-state index < -0.39 is 0 Å². The van der Waals surface area contributed by atoms with E-state index in [0.29, 0.717) is 19.5 Å². The fourth-order valence-corrected chi connectivity index (χ4v) is 1.64. The zero-order chi connectivity index (χ0) is 10.6. The lowest BCUT2D eigenvalue weighted by atomic mass is 10.2. The van der Waals surface area contributed by atoms with E-state index in [1.54, 1.807) is 0 Å². The molecule has 0 saturated carbocycles. The van der Waals surface area contributed by atoms with Gasteiger partial charge in [-0.15, -0.1) is 0 Å². The van der Waals surface area contributed by atoms with Crippen molar-refractivity contribution in [3.05, 3.63) is 0 Å². The summed E-state index contributed by atoms with van der Waals surface area (Å²) in [5, 5.41) is 11.0. The van der Waals surface area contributed by atoms with Gasteiger partial charge in [-0.3, -0.25) is 19.8 Å². The van der Waals surface area contributed by atoms with E-state index in [2.05, 4.69) is 5.32 Å². The summed E-state index contributed by atoms with van der Waals surface area (Å²) >= 11 is 0. The van der Waals surface area contributed by atoms with Gasteiger partial charge in [0.1, 0.15) is 0 Å². The maximum absolute atomic E-state index is 11.3. The highest BCUT2D eigenvalue weighted by atomic mass is 16.3. The van der Waals surface area contributed by atoms with Crippen LogP contribution >= 0.6 is 0 Å². The molecule has 2 N–H and O–H groups in total. The second kappa shape index (κ2) is 5.07. The predicted molar refractivity (Wildman–Crippen MR) is 50.5 cm³/mol. The first kappa shape index (κ1) is 11.1. The SMILES string of the molecule is CCN(CCCO)C1CC(=O)NC1=O. The van der Waals surface area contributed by atoms with Crippen molar-refractivity contribution in [2.75, 3.05) is 19.7 Å². The molecule has 1 aliphatic rings. The quantitative estimate of drug-likeness (QED) is 0.565. The summed E-state index contributed by atoms with van der Waals surface area (Å²) in [6.45, 7) is 3.41. The van der Waals surface area contributed by atoms with Crippen molar-refractivity contribution >= 4 is 11.8 Å². The number of likely N-dealkylation sites (N-methyl/N-ethyl adjacent to an activating group) is 1. The molecule has 0 bridgehead atoms. The molecule has 0 aromatic carbocycles. The minimum atomic E-state index is -0.334.